The molecule has 178 valence electrons. The molecule has 0 aliphatic rings. The molecule has 0 bridgehead atoms. The van der Waals surface area contributed by atoms with Crippen molar-refractivity contribution in [3.05, 3.63) is 71.7 Å². The largest absolute Gasteiger partial charge is 0.493 e. The van der Waals surface area contributed by atoms with Crippen molar-refractivity contribution in [2.24, 2.45) is 0 Å². The number of aromatic nitrogens is 2. The van der Waals surface area contributed by atoms with E-state index in [1.54, 1.807) is 37.6 Å². The molecule has 4 rings (SSSR count). The number of aryl methyl sites for hydroxylation is 1. The maximum atomic E-state index is 12.8. The van der Waals surface area contributed by atoms with Gasteiger partial charge in [-0.05, 0) is 69.3 Å². The zero-order chi connectivity index (χ0) is 24.7. The van der Waals surface area contributed by atoms with Crippen LogP contribution in [0.5, 0.6) is 5.75 Å². The lowest BCUT2D eigenvalue weighted by Crippen LogP contribution is -2.34. The van der Waals surface area contributed by atoms with Gasteiger partial charge in [0.05, 0.1) is 17.9 Å². The van der Waals surface area contributed by atoms with E-state index in [4.69, 9.17) is 9.15 Å². The van der Waals surface area contributed by atoms with Gasteiger partial charge in [0, 0.05) is 29.1 Å². The second-order valence-electron chi connectivity index (χ2n) is 8.47. The number of carboxylic acid groups (broad SMARTS) is 1. The smallest absolute Gasteiger partial charge is 0.416 e. The second-order valence-corrected chi connectivity index (χ2v) is 8.47. The summed E-state index contributed by atoms with van der Waals surface area (Å²) >= 11 is 0. The minimum atomic E-state index is -4.40. The van der Waals surface area contributed by atoms with Crippen LogP contribution in [0.4, 0.5) is 13.2 Å². The number of oxazole rings is 1. The number of carbonyl (C=O) groups is 1. The standard InChI is InChI=1S/C25H23F3N2O4/c1-15-20(29-22(34-15)16-4-6-18(7-5-16)25(26,27)28)11-13-33-19-8-9-21-17(14-19)10-12-30(21)24(2,3)23(31)32/h4-10,12,14H,11,13H2,1-3H3,(H,31,32). The first-order valence-corrected chi connectivity index (χ1v) is 10.6. The zero-order valence-electron chi connectivity index (χ0n) is 18.8. The van der Waals surface area contributed by atoms with Crippen LogP contribution in [-0.4, -0.2) is 27.2 Å². The predicted molar refractivity (Wildman–Crippen MR) is 120 cm³/mol. The lowest BCUT2D eigenvalue weighted by Gasteiger charge is -2.23. The van der Waals surface area contributed by atoms with Crippen molar-refractivity contribution in [1.82, 2.24) is 9.55 Å². The average molecular weight is 472 g/mol. The summed E-state index contributed by atoms with van der Waals surface area (Å²) < 4.78 is 51.5. The summed E-state index contributed by atoms with van der Waals surface area (Å²) in [7, 11) is 0. The molecule has 0 saturated heterocycles. The number of halogens is 3. The first-order chi connectivity index (χ1) is 16.0. The summed E-state index contributed by atoms with van der Waals surface area (Å²) in [6.45, 7) is 5.33. The summed E-state index contributed by atoms with van der Waals surface area (Å²) in [5, 5.41) is 10.3. The predicted octanol–water partition coefficient (Wildman–Crippen LogP) is 6.06. The maximum absolute atomic E-state index is 12.8. The van der Waals surface area contributed by atoms with Crippen molar-refractivity contribution in [3.63, 3.8) is 0 Å². The minimum Gasteiger partial charge on any atom is -0.493 e. The molecule has 0 unspecified atom stereocenters. The topological polar surface area (TPSA) is 77.5 Å². The second kappa shape index (κ2) is 8.55. The number of aliphatic carboxylic acids is 1. The molecule has 0 radical (unpaired) electrons. The summed E-state index contributed by atoms with van der Waals surface area (Å²) in [5.41, 5.74) is 0.0902. The van der Waals surface area contributed by atoms with Gasteiger partial charge < -0.3 is 18.8 Å². The van der Waals surface area contributed by atoms with Crippen LogP contribution >= 0.6 is 0 Å². The van der Waals surface area contributed by atoms with E-state index in [0.29, 0.717) is 35.8 Å². The highest BCUT2D eigenvalue weighted by Gasteiger charge is 2.31. The molecule has 0 saturated carbocycles. The zero-order valence-corrected chi connectivity index (χ0v) is 18.8. The van der Waals surface area contributed by atoms with E-state index in [-0.39, 0.29) is 5.89 Å². The Morgan fingerprint density at radius 3 is 2.47 bits per heavy atom. The molecule has 6 nitrogen and oxygen atoms in total. The van der Waals surface area contributed by atoms with Crippen molar-refractivity contribution in [3.8, 4) is 17.2 Å². The van der Waals surface area contributed by atoms with E-state index in [1.807, 2.05) is 18.2 Å². The van der Waals surface area contributed by atoms with Crippen molar-refractivity contribution in [1.29, 1.82) is 0 Å². The van der Waals surface area contributed by atoms with Gasteiger partial charge in [-0.15, -0.1) is 0 Å². The molecule has 2 aromatic heterocycles. The molecule has 9 heteroatoms. The fourth-order valence-corrected chi connectivity index (χ4v) is 3.65. The summed E-state index contributed by atoms with van der Waals surface area (Å²) in [4.78, 5) is 16.0. The van der Waals surface area contributed by atoms with Gasteiger partial charge >= 0.3 is 12.1 Å². The van der Waals surface area contributed by atoms with Crippen LogP contribution < -0.4 is 4.74 Å². The third kappa shape index (κ3) is 4.50. The van der Waals surface area contributed by atoms with Crippen LogP contribution in [0.15, 0.2) is 59.1 Å². The number of hydrogen-bond acceptors (Lipinski definition) is 4. The van der Waals surface area contributed by atoms with E-state index >= 15 is 0 Å². The van der Waals surface area contributed by atoms with Gasteiger partial charge in [-0.25, -0.2) is 9.78 Å². The minimum absolute atomic E-state index is 0.255. The Morgan fingerprint density at radius 2 is 1.82 bits per heavy atom. The van der Waals surface area contributed by atoms with Crippen LogP contribution in [0.2, 0.25) is 0 Å². The van der Waals surface area contributed by atoms with E-state index in [1.165, 1.54) is 12.1 Å². The monoisotopic (exact) mass is 472 g/mol. The normalized spacial score (nSPS) is 12.3. The van der Waals surface area contributed by atoms with Crippen LogP contribution in [0.25, 0.3) is 22.4 Å². The number of nitrogens with zero attached hydrogens (tertiary/aromatic N) is 2. The van der Waals surface area contributed by atoms with Gasteiger partial charge in [0.1, 0.15) is 17.0 Å². The lowest BCUT2D eigenvalue weighted by atomic mass is 10.1. The Hall–Kier alpha value is -3.75. The molecular weight excluding hydrogens is 449 g/mol. The van der Waals surface area contributed by atoms with Crippen molar-refractivity contribution in [2.75, 3.05) is 6.61 Å². The first kappa shape index (κ1) is 23.4. The number of carboxylic acids is 1. The Balaban J connectivity index is 1.43. The number of alkyl halides is 3. The molecule has 2 heterocycles. The Morgan fingerprint density at radius 1 is 1.12 bits per heavy atom. The maximum Gasteiger partial charge on any atom is 0.416 e. The number of fused-ring (bicyclic) bond motifs is 1. The highest BCUT2D eigenvalue weighted by atomic mass is 19.4. The van der Waals surface area contributed by atoms with Crippen LogP contribution in [0.1, 0.15) is 30.9 Å². The number of rotatable bonds is 7. The van der Waals surface area contributed by atoms with E-state index in [0.717, 1.165) is 23.0 Å². The molecule has 0 spiro atoms. The molecular formula is C25H23F3N2O4. The molecule has 2 aromatic carbocycles. The van der Waals surface area contributed by atoms with Gasteiger partial charge in [-0.1, -0.05) is 0 Å². The van der Waals surface area contributed by atoms with E-state index in [2.05, 4.69) is 4.98 Å². The van der Waals surface area contributed by atoms with Gasteiger partial charge in [0.15, 0.2) is 0 Å². The summed E-state index contributed by atoms with van der Waals surface area (Å²) in [6.07, 6.45) is -2.21. The first-order valence-electron chi connectivity index (χ1n) is 10.6. The van der Waals surface area contributed by atoms with Crippen molar-refractivity contribution < 1.29 is 32.2 Å². The highest BCUT2D eigenvalue weighted by molar-refractivity contribution is 5.85. The molecule has 1 N–H and O–H groups in total. The third-order valence-corrected chi connectivity index (χ3v) is 5.75. The van der Waals surface area contributed by atoms with Gasteiger partial charge in [-0.3, -0.25) is 0 Å². The summed E-state index contributed by atoms with van der Waals surface area (Å²) in [5.74, 6) is 0.526. The van der Waals surface area contributed by atoms with Gasteiger partial charge in [0.25, 0.3) is 0 Å². The molecule has 0 atom stereocenters. The van der Waals surface area contributed by atoms with Crippen molar-refractivity contribution >= 4 is 16.9 Å². The number of benzene rings is 2. The SMILES string of the molecule is Cc1oc(-c2ccc(C(F)(F)F)cc2)nc1CCOc1ccc2c(ccn2C(C)(C)C(=O)O)c1. The molecule has 0 amide bonds. The van der Waals surface area contributed by atoms with Gasteiger partial charge in [-0.2, -0.15) is 13.2 Å². The molecule has 0 aliphatic carbocycles. The number of ether oxygens (including phenoxy) is 1. The lowest BCUT2D eigenvalue weighted by molar-refractivity contribution is -0.145. The van der Waals surface area contributed by atoms with E-state index < -0.39 is 23.2 Å². The summed E-state index contributed by atoms with van der Waals surface area (Å²) in [6, 6.07) is 11.9. The van der Waals surface area contributed by atoms with Gasteiger partial charge in [0.2, 0.25) is 5.89 Å². The number of hydrogen-bond donors (Lipinski definition) is 1. The van der Waals surface area contributed by atoms with E-state index in [9.17, 15) is 23.1 Å². The third-order valence-electron chi connectivity index (χ3n) is 5.75. The molecule has 4 aromatic rings. The molecule has 0 fully saturated rings. The molecule has 34 heavy (non-hydrogen) atoms. The Kier molecular flexibility index (Phi) is 5.89. The molecule has 0 aliphatic heterocycles. The van der Waals surface area contributed by atoms with Crippen LogP contribution in [0.3, 0.4) is 0 Å². The van der Waals surface area contributed by atoms with Crippen molar-refractivity contribution in [2.45, 2.75) is 38.9 Å². The van der Waals surface area contributed by atoms with Crippen LogP contribution in [0, 0.1) is 6.92 Å². The fourth-order valence-electron chi connectivity index (χ4n) is 3.65. The van der Waals surface area contributed by atoms with Crippen LogP contribution in [-0.2, 0) is 22.9 Å². The Labute approximate surface area is 193 Å². The quantitative estimate of drug-likeness (QED) is 0.354. The Bertz CT molecular complexity index is 1330. The average Bonchev–Trinajstić information content (AvgIpc) is 3.37. The highest BCUT2D eigenvalue weighted by Crippen LogP contribution is 2.31. The fraction of sp³-hybridized carbons (Fsp3) is 0.280.